The molecule has 0 spiro atoms. The van der Waals surface area contributed by atoms with Crippen molar-refractivity contribution in [1.29, 1.82) is 0 Å². The van der Waals surface area contributed by atoms with Crippen molar-refractivity contribution in [3.8, 4) is 11.5 Å². The smallest absolute Gasteiger partial charge is 0.259 e. The number of rotatable bonds is 4. The number of nitrogens with one attached hydrogen (secondary N) is 1. The quantitative estimate of drug-likeness (QED) is 0.795. The van der Waals surface area contributed by atoms with Crippen LogP contribution in [0.25, 0.3) is 11.5 Å². The average molecular weight is 329 g/mol. The highest BCUT2D eigenvalue weighted by atomic mass is 35.5. The van der Waals surface area contributed by atoms with Crippen LogP contribution >= 0.6 is 11.6 Å². The highest BCUT2D eigenvalue weighted by molar-refractivity contribution is 6.31. The Balaban J connectivity index is 1.66. The number of benzene rings is 1. The molecular weight excluding hydrogens is 316 g/mol. The molecule has 0 unspecified atom stereocenters. The van der Waals surface area contributed by atoms with E-state index in [4.69, 9.17) is 16.1 Å². The van der Waals surface area contributed by atoms with E-state index in [0.29, 0.717) is 28.0 Å². The zero-order valence-corrected chi connectivity index (χ0v) is 13.0. The number of aryl methyl sites for hydroxylation is 1. The van der Waals surface area contributed by atoms with Crippen molar-refractivity contribution < 1.29 is 9.32 Å². The molecule has 0 atom stereocenters. The van der Waals surface area contributed by atoms with Crippen LogP contribution in [0.2, 0.25) is 5.02 Å². The summed E-state index contributed by atoms with van der Waals surface area (Å²) >= 11 is 6.03. The maximum absolute atomic E-state index is 12.0. The number of carbonyl (C=O) groups excluding carboxylic acids is 1. The Morgan fingerprint density at radius 3 is 2.96 bits per heavy atom. The van der Waals surface area contributed by atoms with Gasteiger partial charge in [0.15, 0.2) is 5.82 Å². The van der Waals surface area contributed by atoms with E-state index >= 15 is 0 Å². The van der Waals surface area contributed by atoms with Crippen LogP contribution in [0.4, 0.5) is 5.69 Å². The summed E-state index contributed by atoms with van der Waals surface area (Å²) < 4.78 is 5.13. The van der Waals surface area contributed by atoms with Crippen LogP contribution < -0.4 is 5.32 Å². The summed E-state index contributed by atoms with van der Waals surface area (Å²) in [4.78, 5) is 20.2. The van der Waals surface area contributed by atoms with Gasteiger partial charge in [-0.1, -0.05) is 22.8 Å². The average Bonchev–Trinajstić information content (AvgIpc) is 3.00. The predicted octanol–water partition coefficient (Wildman–Crippen LogP) is 3.27. The summed E-state index contributed by atoms with van der Waals surface area (Å²) in [7, 11) is 0. The second-order valence-electron chi connectivity index (χ2n) is 4.95. The number of halogens is 1. The Kier molecular flexibility index (Phi) is 4.34. The van der Waals surface area contributed by atoms with Crippen LogP contribution in [0.15, 0.2) is 47.2 Å². The van der Waals surface area contributed by atoms with Gasteiger partial charge in [0.2, 0.25) is 5.91 Å². The van der Waals surface area contributed by atoms with Gasteiger partial charge in [0.1, 0.15) is 0 Å². The van der Waals surface area contributed by atoms with Gasteiger partial charge in [-0.15, -0.1) is 0 Å². The molecule has 3 aromatic rings. The highest BCUT2D eigenvalue weighted by Crippen LogP contribution is 2.20. The minimum absolute atomic E-state index is 0.00918. The maximum atomic E-state index is 12.0. The molecular formula is C16H13ClN4O2. The molecule has 0 aliphatic carbocycles. The molecule has 1 N–H and O–H groups in total. The molecule has 0 saturated carbocycles. The third-order valence-corrected chi connectivity index (χ3v) is 3.56. The van der Waals surface area contributed by atoms with Gasteiger partial charge in [0.05, 0.1) is 12.0 Å². The van der Waals surface area contributed by atoms with Gasteiger partial charge in [0, 0.05) is 23.1 Å². The molecule has 6 nitrogen and oxygen atoms in total. The summed E-state index contributed by atoms with van der Waals surface area (Å²) in [6, 6.07) is 8.90. The topological polar surface area (TPSA) is 80.9 Å². The zero-order valence-electron chi connectivity index (χ0n) is 12.3. The summed E-state index contributed by atoms with van der Waals surface area (Å²) in [5.74, 6) is 0.391. The number of carbonyl (C=O) groups is 1. The van der Waals surface area contributed by atoms with E-state index in [-0.39, 0.29) is 12.3 Å². The van der Waals surface area contributed by atoms with Gasteiger partial charge in [0.25, 0.3) is 5.89 Å². The van der Waals surface area contributed by atoms with Crippen LogP contribution in [0, 0.1) is 6.92 Å². The molecule has 0 bridgehead atoms. The number of pyridine rings is 1. The Bertz CT molecular complexity index is 833. The first-order valence-corrected chi connectivity index (χ1v) is 7.28. The maximum Gasteiger partial charge on any atom is 0.259 e. The fourth-order valence-electron chi connectivity index (χ4n) is 1.95. The fourth-order valence-corrected chi connectivity index (χ4v) is 2.13. The van der Waals surface area contributed by atoms with E-state index in [1.165, 1.54) is 0 Å². The van der Waals surface area contributed by atoms with Gasteiger partial charge >= 0.3 is 0 Å². The molecule has 2 heterocycles. The van der Waals surface area contributed by atoms with E-state index in [9.17, 15) is 4.79 Å². The third kappa shape index (κ3) is 3.73. The van der Waals surface area contributed by atoms with E-state index in [0.717, 1.165) is 5.56 Å². The van der Waals surface area contributed by atoms with Crippen molar-refractivity contribution in [3.05, 3.63) is 59.1 Å². The molecule has 2 aromatic heterocycles. The first kappa shape index (κ1) is 15.2. The lowest BCUT2D eigenvalue weighted by atomic mass is 10.2. The number of aromatic nitrogens is 3. The van der Waals surface area contributed by atoms with E-state index in [2.05, 4.69) is 20.4 Å². The molecule has 0 fully saturated rings. The lowest BCUT2D eigenvalue weighted by Gasteiger charge is -2.05. The monoisotopic (exact) mass is 328 g/mol. The molecule has 3 rings (SSSR count). The lowest BCUT2D eigenvalue weighted by molar-refractivity contribution is -0.115. The third-order valence-electron chi connectivity index (χ3n) is 3.15. The standard InChI is InChI=1S/C16H13ClN4O2/c1-10-4-5-12(7-13(10)17)19-15(22)8-14-20-16(23-21-14)11-3-2-6-18-9-11/h2-7,9H,8H2,1H3,(H,19,22). The van der Waals surface area contributed by atoms with Crippen LogP contribution in [0.5, 0.6) is 0 Å². The SMILES string of the molecule is Cc1ccc(NC(=O)Cc2noc(-c3cccnc3)n2)cc1Cl. The second kappa shape index (κ2) is 6.58. The van der Waals surface area contributed by atoms with Gasteiger partial charge in [-0.2, -0.15) is 4.98 Å². The van der Waals surface area contributed by atoms with Crippen molar-refractivity contribution in [3.63, 3.8) is 0 Å². The second-order valence-corrected chi connectivity index (χ2v) is 5.35. The van der Waals surface area contributed by atoms with Crippen LogP contribution in [0.3, 0.4) is 0 Å². The molecule has 23 heavy (non-hydrogen) atoms. The first-order valence-electron chi connectivity index (χ1n) is 6.91. The van der Waals surface area contributed by atoms with Crippen molar-refractivity contribution in [2.75, 3.05) is 5.32 Å². The van der Waals surface area contributed by atoms with Crippen LogP contribution in [-0.2, 0) is 11.2 Å². The molecule has 0 saturated heterocycles. The first-order chi connectivity index (χ1) is 11.1. The van der Waals surface area contributed by atoms with Gasteiger partial charge in [-0.3, -0.25) is 9.78 Å². The number of hydrogen-bond acceptors (Lipinski definition) is 5. The molecule has 1 aromatic carbocycles. The van der Waals surface area contributed by atoms with E-state index in [1.54, 1.807) is 36.7 Å². The number of hydrogen-bond donors (Lipinski definition) is 1. The fraction of sp³-hybridized carbons (Fsp3) is 0.125. The van der Waals surface area contributed by atoms with Crippen molar-refractivity contribution in [1.82, 2.24) is 15.1 Å². The summed E-state index contributed by atoms with van der Waals surface area (Å²) in [6.07, 6.45) is 3.28. The van der Waals surface area contributed by atoms with E-state index in [1.807, 2.05) is 13.0 Å². The van der Waals surface area contributed by atoms with Crippen molar-refractivity contribution >= 4 is 23.2 Å². The predicted molar refractivity (Wildman–Crippen MR) is 86.1 cm³/mol. The van der Waals surface area contributed by atoms with Crippen LogP contribution in [-0.4, -0.2) is 21.0 Å². The Labute approximate surface area is 137 Å². The Morgan fingerprint density at radius 1 is 1.35 bits per heavy atom. The lowest BCUT2D eigenvalue weighted by Crippen LogP contribution is -2.15. The Hall–Kier alpha value is -2.73. The Morgan fingerprint density at radius 2 is 2.22 bits per heavy atom. The number of anilines is 1. The highest BCUT2D eigenvalue weighted by Gasteiger charge is 2.13. The van der Waals surface area contributed by atoms with E-state index < -0.39 is 0 Å². The normalized spacial score (nSPS) is 10.5. The van der Waals surface area contributed by atoms with Crippen molar-refractivity contribution in [2.24, 2.45) is 0 Å². The largest absolute Gasteiger partial charge is 0.334 e. The molecule has 116 valence electrons. The van der Waals surface area contributed by atoms with Crippen LogP contribution in [0.1, 0.15) is 11.4 Å². The minimum atomic E-state index is -0.247. The van der Waals surface area contributed by atoms with Gasteiger partial charge < -0.3 is 9.84 Å². The molecule has 0 aliphatic heterocycles. The summed E-state index contributed by atoms with van der Waals surface area (Å²) in [5, 5.41) is 7.15. The molecule has 7 heteroatoms. The molecule has 1 amide bonds. The number of amides is 1. The molecule has 0 aliphatic rings. The summed E-state index contributed by atoms with van der Waals surface area (Å²) in [5.41, 5.74) is 2.28. The molecule has 0 radical (unpaired) electrons. The summed E-state index contributed by atoms with van der Waals surface area (Å²) in [6.45, 7) is 1.90. The minimum Gasteiger partial charge on any atom is -0.334 e. The van der Waals surface area contributed by atoms with Crippen molar-refractivity contribution in [2.45, 2.75) is 13.3 Å². The van der Waals surface area contributed by atoms with Gasteiger partial charge in [-0.25, -0.2) is 0 Å². The zero-order chi connectivity index (χ0) is 16.2. The number of nitrogens with zero attached hydrogens (tertiary/aromatic N) is 3. The van der Waals surface area contributed by atoms with Gasteiger partial charge in [-0.05, 0) is 36.8 Å².